The van der Waals surface area contributed by atoms with Crippen molar-refractivity contribution in [1.82, 2.24) is 0 Å². The molecule has 0 spiro atoms. The number of nitro groups is 1. The lowest BCUT2D eigenvalue weighted by Gasteiger charge is -2.14. The lowest BCUT2D eigenvalue weighted by Crippen LogP contribution is -2.27. The van der Waals surface area contributed by atoms with Crippen molar-refractivity contribution in [3.05, 3.63) is 57.1 Å². The van der Waals surface area contributed by atoms with Gasteiger partial charge in [0.2, 0.25) is 0 Å². The molecule has 0 aliphatic heterocycles. The van der Waals surface area contributed by atoms with Crippen LogP contribution >= 0.6 is 11.6 Å². The van der Waals surface area contributed by atoms with Gasteiger partial charge in [0.05, 0.1) is 17.1 Å². The van der Waals surface area contributed by atoms with E-state index in [1.54, 1.807) is 6.07 Å². The number of ether oxygens (including phenoxy) is 2. The first-order chi connectivity index (χ1) is 12.7. The zero-order valence-corrected chi connectivity index (χ0v) is 15.6. The normalized spacial score (nSPS) is 11.4. The van der Waals surface area contributed by atoms with Crippen LogP contribution in [0, 0.1) is 10.1 Å². The van der Waals surface area contributed by atoms with E-state index in [2.05, 4.69) is 10.1 Å². The topological polar surface area (TPSA) is 108 Å². The second-order valence-corrected chi connectivity index (χ2v) is 6.04. The van der Waals surface area contributed by atoms with Crippen LogP contribution < -0.4 is 10.1 Å². The molecule has 0 fully saturated rings. The predicted molar refractivity (Wildman–Crippen MR) is 99.7 cm³/mol. The molecular formula is C18H17ClN2O6. The van der Waals surface area contributed by atoms with Crippen LogP contribution in [-0.4, -0.2) is 29.8 Å². The van der Waals surface area contributed by atoms with Gasteiger partial charge in [-0.1, -0.05) is 11.6 Å². The summed E-state index contributed by atoms with van der Waals surface area (Å²) in [5, 5.41) is 14.2. The molecule has 0 radical (unpaired) electrons. The number of esters is 1. The van der Waals surface area contributed by atoms with Gasteiger partial charge in [0.25, 0.3) is 5.69 Å². The third-order valence-electron chi connectivity index (χ3n) is 3.66. The number of hydrogen-bond donors (Lipinski definition) is 1. The second kappa shape index (κ2) is 8.50. The van der Waals surface area contributed by atoms with Crippen LogP contribution in [-0.2, 0) is 9.53 Å². The summed E-state index contributed by atoms with van der Waals surface area (Å²) in [6.45, 7) is 2.93. The fourth-order valence-electron chi connectivity index (χ4n) is 2.25. The van der Waals surface area contributed by atoms with Crippen LogP contribution in [0.1, 0.15) is 24.2 Å². The molecular weight excluding hydrogens is 376 g/mol. The Hall–Kier alpha value is -3.13. The first kappa shape index (κ1) is 20.2. The molecule has 0 aliphatic carbocycles. The first-order valence-corrected chi connectivity index (χ1v) is 8.22. The maximum atomic E-state index is 11.6. The number of rotatable bonds is 7. The van der Waals surface area contributed by atoms with Crippen molar-refractivity contribution >= 4 is 34.7 Å². The summed E-state index contributed by atoms with van der Waals surface area (Å²) in [6, 6.07) is 7.80. The molecule has 2 rings (SSSR count). The minimum absolute atomic E-state index is 0.0897. The van der Waals surface area contributed by atoms with Gasteiger partial charge in [0.15, 0.2) is 5.78 Å². The maximum Gasteiger partial charge on any atom is 0.327 e. The van der Waals surface area contributed by atoms with Crippen LogP contribution in [0.2, 0.25) is 5.02 Å². The van der Waals surface area contributed by atoms with Crippen molar-refractivity contribution < 1.29 is 24.0 Å². The zero-order valence-electron chi connectivity index (χ0n) is 14.8. The molecule has 0 saturated heterocycles. The zero-order chi connectivity index (χ0) is 20.1. The highest BCUT2D eigenvalue weighted by molar-refractivity contribution is 6.32. The minimum atomic E-state index is -0.803. The molecule has 27 heavy (non-hydrogen) atoms. The molecule has 0 aromatic heterocycles. The Labute approximate surface area is 160 Å². The largest absolute Gasteiger partial charge is 0.467 e. The van der Waals surface area contributed by atoms with Crippen LogP contribution in [0.5, 0.6) is 11.5 Å². The van der Waals surface area contributed by atoms with Gasteiger partial charge in [0.1, 0.15) is 23.2 Å². The van der Waals surface area contributed by atoms with E-state index in [9.17, 15) is 19.7 Å². The van der Waals surface area contributed by atoms with E-state index < -0.39 is 16.9 Å². The van der Waals surface area contributed by atoms with Gasteiger partial charge < -0.3 is 14.8 Å². The number of carbonyl (C=O) groups is 2. The summed E-state index contributed by atoms with van der Waals surface area (Å²) in [6.07, 6.45) is 0. The summed E-state index contributed by atoms with van der Waals surface area (Å²) >= 11 is 6.13. The van der Waals surface area contributed by atoms with Gasteiger partial charge in [0, 0.05) is 17.7 Å². The summed E-state index contributed by atoms with van der Waals surface area (Å²) < 4.78 is 10.3. The summed E-state index contributed by atoms with van der Waals surface area (Å²) in [4.78, 5) is 33.6. The lowest BCUT2D eigenvalue weighted by molar-refractivity contribution is -0.384. The van der Waals surface area contributed by atoms with E-state index in [0.29, 0.717) is 5.56 Å². The first-order valence-electron chi connectivity index (χ1n) is 7.84. The Morgan fingerprint density at radius 1 is 1.22 bits per heavy atom. The quantitative estimate of drug-likeness (QED) is 0.325. The predicted octanol–water partition coefficient (Wildman–Crippen LogP) is 4.22. The number of nitro benzene ring substituents is 1. The Kier molecular flexibility index (Phi) is 6.36. The average Bonchev–Trinajstić information content (AvgIpc) is 2.62. The molecule has 2 aromatic carbocycles. The maximum absolute atomic E-state index is 11.6. The van der Waals surface area contributed by atoms with E-state index in [1.165, 1.54) is 51.3 Å². The third-order valence-corrected chi connectivity index (χ3v) is 3.95. The Balaban J connectivity index is 2.33. The Morgan fingerprint density at radius 2 is 1.93 bits per heavy atom. The SMILES string of the molecule is COC(=O)C(C)Nc1cc(Oc2ccc(C(C)=O)cc2Cl)ccc1[N+](=O)[O-]. The van der Waals surface area contributed by atoms with E-state index >= 15 is 0 Å². The number of methoxy groups -OCH3 is 1. The van der Waals surface area contributed by atoms with Crippen molar-refractivity contribution in [2.75, 3.05) is 12.4 Å². The number of hydrogen-bond acceptors (Lipinski definition) is 7. The molecule has 0 amide bonds. The Morgan fingerprint density at radius 3 is 2.48 bits per heavy atom. The van der Waals surface area contributed by atoms with Crippen LogP contribution in [0.25, 0.3) is 0 Å². The number of halogens is 1. The molecule has 1 N–H and O–H groups in total. The number of ketones is 1. The highest BCUT2D eigenvalue weighted by atomic mass is 35.5. The van der Waals surface area contributed by atoms with Crippen molar-refractivity contribution in [3.8, 4) is 11.5 Å². The summed E-state index contributed by atoms with van der Waals surface area (Å²) in [5.41, 5.74) is 0.299. The molecule has 2 aromatic rings. The van der Waals surface area contributed by atoms with Crippen LogP contribution in [0.3, 0.4) is 0 Å². The molecule has 0 saturated carbocycles. The van der Waals surface area contributed by atoms with Gasteiger partial charge in [-0.15, -0.1) is 0 Å². The molecule has 142 valence electrons. The summed E-state index contributed by atoms with van der Waals surface area (Å²) in [5.74, 6) is -0.166. The number of benzene rings is 2. The highest BCUT2D eigenvalue weighted by Gasteiger charge is 2.20. The third kappa shape index (κ3) is 4.95. The van der Waals surface area contributed by atoms with Crippen LogP contribution in [0.15, 0.2) is 36.4 Å². The van der Waals surface area contributed by atoms with Gasteiger partial charge >= 0.3 is 5.97 Å². The molecule has 8 nitrogen and oxygen atoms in total. The second-order valence-electron chi connectivity index (χ2n) is 5.63. The minimum Gasteiger partial charge on any atom is -0.467 e. The highest BCUT2D eigenvalue weighted by Crippen LogP contribution is 2.35. The standard InChI is InChI=1S/C18H17ClN2O6/c1-10(18(23)26-3)20-15-9-13(5-6-16(15)21(24)25)27-17-7-4-12(11(2)22)8-14(17)19/h4-10,20H,1-3H3. The van der Waals surface area contributed by atoms with E-state index in [4.69, 9.17) is 16.3 Å². The molecule has 9 heteroatoms. The number of Topliss-reactive ketones (excluding diaryl/α,β-unsaturated/α-hetero) is 1. The lowest BCUT2D eigenvalue weighted by atomic mass is 10.1. The smallest absolute Gasteiger partial charge is 0.327 e. The fraction of sp³-hybridized carbons (Fsp3) is 0.222. The fourth-order valence-corrected chi connectivity index (χ4v) is 2.47. The van der Waals surface area contributed by atoms with Crippen LogP contribution in [0.4, 0.5) is 11.4 Å². The van der Waals surface area contributed by atoms with Gasteiger partial charge in [-0.25, -0.2) is 4.79 Å². The Bertz CT molecular complexity index is 899. The van der Waals surface area contributed by atoms with E-state index in [0.717, 1.165) is 0 Å². The van der Waals surface area contributed by atoms with E-state index in [1.807, 2.05) is 0 Å². The molecule has 1 atom stereocenters. The molecule has 0 heterocycles. The number of anilines is 1. The molecule has 0 bridgehead atoms. The van der Waals surface area contributed by atoms with Crippen molar-refractivity contribution in [1.29, 1.82) is 0 Å². The molecule has 1 unspecified atom stereocenters. The van der Waals surface area contributed by atoms with Gasteiger partial charge in [-0.2, -0.15) is 0 Å². The van der Waals surface area contributed by atoms with Gasteiger partial charge in [-0.05, 0) is 38.1 Å². The molecule has 0 aliphatic rings. The van der Waals surface area contributed by atoms with Crippen molar-refractivity contribution in [2.24, 2.45) is 0 Å². The number of nitrogens with one attached hydrogen (secondary N) is 1. The van der Waals surface area contributed by atoms with E-state index in [-0.39, 0.29) is 33.7 Å². The van der Waals surface area contributed by atoms with Crippen molar-refractivity contribution in [2.45, 2.75) is 19.9 Å². The summed E-state index contributed by atoms with van der Waals surface area (Å²) in [7, 11) is 1.22. The number of nitrogens with zero attached hydrogens (tertiary/aromatic N) is 1. The number of carbonyl (C=O) groups excluding carboxylic acids is 2. The van der Waals surface area contributed by atoms with Gasteiger partial charge in [-0.3, -0.25) is 14.9 Å². The average molecular weight is 393 g/mol. The van der Waals surface area contributed by atoms with Crippen molar-refractivity contribution in [3.63, 3.8) is 0 Å². The monoisotopic (exact) mass is 392 g/mol.